The Hall–Kier alpha value is -2.05. The summed E-state index contributed by atoms with van der Waals surface area (Å²) < 4.78 is 4.64. The maximum atomic E-state index is 10.7. The predicted molar refractivity (Wildman–Crippen MR) is 45.6 cm³/mol. The molecule has 0 aromatic carbocycles. The van der Waals surface area contributed by atoms with Gasteiger partial charge in [0.1, 0.15) is 0 Å². The number of hydrogen-bond acceptors (Lipinski definition) is 4. The maximum Gasteiger partial charge on any atom is 0.407 e. The van der Waals surface area contributed by atoms with Crippen molar-refractivity contribution in [1.82, 2.24) is 10.1 Å². The summed E-state index contributed by atoms with van der Waals surface area (Å²) in [6.45, 7) is 0.337. The van der Waals surface area contributed by atoms with Gasteiger partial charge in [-0.05, 0) is 0 Å². The first-order chi connectivity index (χ1) is 7.09. The van der Waals surface area contributed by atoms with Gasteiger partial charge < -0.3 is 19.6 Å². The molecular weight excluding hydrogens is 204 g/mol. The Morgan fingerprint density at radius 3 is 2.73 bits per heavy atom. The molecule has 80 valence electrons. The molecule has 0 spiro atoms. The standard InChI is InChI=1S/C8H8N2O5/c11-7(12)6-4-3-10(8(13)14)2-1-5(4)9-15-6/h1-3H2,(H,11,12)(H,13,14). The molecule has 1 aromatic rings. The molecule has 0 atom stereocenters. The van der Waals surface area contributed by atoms with E-state index in [-0.39, 0.29) is 12.3 Å². The fourth-order valence-electron chi connectivity index (χ4n) is 1.54. The van der Waals surface area contributed by atoms with Gasteiger partial charge in [0, 0.05) is 18.5 Å². The second-order valence-corrected chi connectivity index (χ2v) is 3.20. The molecule has 0 bridgehead atoms. The predicted octanol–water partition coefficient (Wildman–Crippen LogP) is 0.409. The van der Waals surface area contributed by atoms with Crippen molar-refractivity contribution in [2.45, 2.75) is 13.0 Å². The van der Waals surface area contributed by atoms with Crippen molar-refractivity contribution in [1.29, 1.82) is 0 Å². The molecule has 1 aliphatic rings. The molecule has 0 unspecified atom stereocenters. The molecule has 0 radical (unpaired) electrons. The molecule has 1 aromatic heterocycles. The summed E-state index contributed by atoms with van der Waals surface area (Å²) in [5, 5.41) is 21.1. The Bertz CT molecular complexity index is 425. The number of aromatic nitrogens is 1. The number of rotatable bonds is 1. The number of carbonyl (C=O) groups is 2. The number of nitrogens with zero attached hydrogens (tertiary/aromatic N) is 2. The van der Waals surface area contributed by atoms with Crippen molar-refractivity contribution >= 4 is 12.1 Å². The third-order valence-electron chi connectivity index (χ3n) is 2.30. The normalized spacial score (nSPS) is 14.8. The van der Waals surface area contributed by atoms with Crippen LogP contribution in [0.25, 0.3) is 0 Å². The number of carboxylic acids is 1. The van der Waals surface area contributed by atoms with Crippen LogP contribution >= 0.6 is 0 Å². The second-order valence-electron chi connectivity index (χ2n) is 3.20. The molecule has 15 heavy (non-hydrogen) atoms. The van der Waals surface area contributed by atoms with E-state index in [2.05, 4.69) is 9.68 Å². The fraction of sp³-hybridized carbons (Fsp3) is 0.375. The minimum atomic E-state index is -1.23. The number of fused-ring (bicyclic) bond motifs is 1. The molecule has 2 rings (SSSR count). The topological polar surface area (TPSA) is 104 Å². The van der Waals surface area contributed by atoms with Crippen molar-refractivity contribution in [3.63, 3.8) is 0 Å². The number of aromatic carboxylic acids is 1. The average molecular weight is 212 g/mol. The first-order valence-electron chi connectivity index (χ1n) is 4.28. The quantitative estimate of drug-likeness (QED) is 0.698. The van der Waals surface area contributed by atoms with Crippen molar-refractivity contribution in [3.8, 4) is 0 Å². The summed E-state index contributed by atoms with van der Waals surface area (Å²) in [5.41, 5.74) is 0.890. The van der Waals surface area contributed by atoms with Gasteiger partial charge in [0.2, 0.25) is 5.76 Å². The maximum absolute atomic E-state index is 10.7. The SMILES string of the molecule is O=C(O)c1onc2c1CN(C(=O)O)CC2. The van der Waals surface area contributed by atoms with E-state index < -0.39 is 12.1 Å². The highest BCUT2D eigenvalue weighted by atomic mass is 16.5. The molecule has 0 fully saturated rings. The Kier molecular flexibility index (Phi) is 2.07. The summed E-state index contributed by atoms with van der Waals surface area (Å²) in [7, 11) is 0. The van der Waals surface area contributed by atoms with Crippen molar-refractivity contribution in [3.05, 3.63) is 17.0 Å². The average Bonchev–Trinajstić information content (AvgIpc) is 2.59. The van der Waals surface area contributed by atoms with E-state index >= 15 is 0 Å². The van der Waals surface area contributed by atoms with E-state index in [0.29, 0.717) is 24.2 Å². The zero-order chi connectivity index (χ0) is 11.0. The van der Waals surface area contributed by atoms with Crippen molar-refractivity contribution in [2.24, 2.45) is 0 Å². The molecule has 7 heteroatoms. The minimum absolute atomic E-state index is 0.0236. The zero-order valence-corrected chi connectivity index (χ0v) is 7.63. The lowest BCUT2D eigenvalue weighted by atomic mass is 10.1. The van der Waals surface area contributed by atoms with Crippen molar-refractivity contribution in [2.75, 3.05) is 6.54 Å². The highest BCUT2D eigenvalue weighted by Gasteiger charge is 2.29. The third-order valence-corrected chi connectivity index (χ3v) is 2.30. The first kappa shape index (κ1) is 9.50. The minimum Gasteiger partial charge on any atom is -0.475 e. The van der Waals surface area contributed by atoms with Crippen LogP contribution < -0.4 is 0 Å². The number of amides is 1. The smallest absolute Gasteiger partial charge is 0.407 e. The Balaban J connectivity index is 2.34. The molecule has 1 amide bonds. The Morgan fingerprint density at radius 2 is 2.13 bits per heavy atom. The van der Waals surface area contributed by atoms with Gasteiger partial charge in [-0.2, -0.15) is 0 Å². The zero-order valence-electron chi connectivity index (χ0n) is 7.63. The van der Waals surface area contributed by atoms with Crippen LogP contribution in [0.2, 0.25) is 0 Å². The van der Waals surface area contributed by atoms with Gasteiger partial charge in [0.05, 0.1) is 12.2 Å². The second kappa shape index (κ2) is 3.26. The lowest BCUT2D eigenvalue weighted by molar-refractivity contribution is 0.0648. The summed E-state index contributed by atoms with van der Waals surface area (Å²) in [5.74, 6) is -1.49. The largest absolute Gasteiger partial charge is 0.475 e. The van der Waals surface area contributed by atoms with Crippen LogP contribution in [0.1, 0.15) is 21.8 Å². The number of hydrogen-bond donors (Lipinski definition) is 2. The van der Waals surface area contributed by atoms with Crippen LogP contribution in [0, 0.1) is 0 Å². The third kappa shape index (κ3) is 1.51. The molecule has 1 aliphatic heterocycles. The monoisotopic (exact) mass is 212 g/mol. The first-order valence-corrected chi connectivity index (χ1v) is 4.28. The van der Waals surface area contributed by atoms with Crippen LogP contribution in [0.15, 0.2) is 4.52 Å². The molecule has 0 aliphatic carbocycles. The van der Waals surface area contributed by atoms with Crippen LogP contribution in [0.3, 0.4) is 0 Å². The summed E-state index contributed by atoms with van der Waals surface area (Å²) in [4.78, 5) is 22.5. The van der Waals surface area contributed by atoms with Crippen molar-refractivity contribution < 1.29 is 24.3 Å². The summed E-state index contributed by atoms with van der Waals surface area (Å²) in [6, 6.07) is 0. The summed E-state index contributed by atoms with van der Waals surface area (Å²) in [6.07, 6.45) is -0.684. The van der Waals surface area contributed by atoms with Gasteiger partial charge in [-0.3, -0.25) is 0 Å². The van der Waals surface area contributed by atoms with E-state index in [4.69, 9.17) is 10.2 Å². The molecule has 0 saturated heterocycles. The van der Waals surface area contributed by atoms with Crippen LogP contribution in [-0.4, -0.2) is 38.9 Å². The molecule has 2 N–H and O–H groups in total. The number of carboxylic acid groups (broad SMARTS) is 2. The van der Waals surface area contributed by atoms with E-state index in [1.54, 1.807) is 0 Å². The van der Waals surface area contributed by atoms with E-state index in [1.165, 1.54) is 0 Å². The summed E-state index contributed by atoms with van der Waals surface area (Å²) >= 11 is 0. The van der Waals surface area contributed by atoms with Gasteiger partial charge in [-0.25, -0.2) is 9.59 Å². The lowest BCUT2D eigenvalue weighted by Crippen LogP contribution is -2.35. The van der Waals surface area contributed by atoms with Gasteiger partial charge in [0.15, 0.2) is 0 Å². The van der Waals surface area contributed by atoms with Gasteiger partial charge in [-0.15, -0.1) is 0 Å². The molecular formula is C8H8N2O5. The van der Waals surface area contributed by atoms with E-state index in [0.717, 1.165) is 4.90 Å². The lowest BCUT2D eigenvalue weighted by Gasteiger charge is -2.22. The van der Waals surface area contributed by atoms with E-state index in [9.17, 15) is 9.59 Å². The fourth-order valence-corrected chi connectivity index (χ4v) is 1.54. The highest BCUT2D eigenvalue weighted by molar-refractivity contribution is 5.86. The molecule has 2 heterocycles. The van der Waals surface area contributed by atoms with Crippen LogP contribution in [-0.2, 0) is 13.0 Å². The van der Waals surface area contributed by atoms with Crippen LogP contribution in [0.5, 0.6) is 0 Å². The molecule has 7 nitrogen and oxygen atoms in total. The van der Waals surface area contributed by atoms with E-state index in [1.807, 2.05) is 0 Å². The van der Waals surface area contributed by atoms with Gasteiger partial charge in [-0.1, -0.05) is 5.16 Å². The molecule has 0 saturated carbocycles. The van der Waals surface area contributed by atoms with Crippen LogP contribution in [0.4, 0.5) is 4.79 Å². The van der Waals surface area contributed by atoms with Gasteiger partial charge in [0.25, 0.3) is 0 Å². The van der Waals surface area contributed by atoms with Gasteiger partial charge >= 0.3 is 12.1 Å². The Morgan fingerprint density at radius 1 is 1.40 bits per heavy atom. The highest BCUT2D eigenvalue weighted by Crippen LogP contribution is 2.21. The Labute approximate surface area is 83.9 Å².